The quantitative estimate of drug-likeness (QED) is 0.0509. The Balaban J connectivity index is 3.98. The molecular formula is C39H76F6N2. The Morgan fingerprint density at radius 3 is 0.532 bits per heavy atom. The minimum Gasteiger partial charge on any atom is -0.330 e. The van der Waals surface area contributed by atoms with Crippen molar-refractivity contribution in [1.29, 1.82) is 0 Å². The lowest BCUT2D eigenvalue weighted by Gasteiger charge is -2.37. The lowest BCUT2D eigenvalue weighted by Crippen LogP contribution is -2.50. The van der Waals surface area contributed by atoms with E-state index in [2.05, 4.69) is 0 Å². The molecule has 0 heterocycles. The average Bonchev–Trinajstić information content (AvgIpc) is 3.01. The fraction of sp³-hybridized carbons (Fsp3) is 1.00. The van der Waals surface area contributed by atoms with Crippen LogP contribution in [0, 0.1) is 5.41 Å². The van der Waals surface area contributed by atoms with E-state index in [1.165, 1.54) is 116 Å². The predicted octanol–water partition coefficient (Wildman–Crippen LogP) is 14.3. The Morgan fingerprint density at radius 1 is 0.234 bits per heavy atom. The topological polar surface area (TPSA) is 52.0 Å². The number of halogens is 6. The second-order valence-electron chi connectivity index (χ2n) is 14.5. The smallest absolute Gasteiger partial charge is 0.330 e. The van der Waals surface area contributed by atoms with Crippen LogP contribution in [0.3, 0.4) is 0 Å². The van der Waals surface area contributed by atoms with E-state index in [9.17, 15) is 26.3 Å². The summed E-state index contributed by atoms with van der Waals surface area (Å²) in [5.74, 6) is 0. The molecule has 0 aliphatic rings. The number of hydrogen-bond acceptors (Lipinski definition) is 2. The first-order chi connectivity index (χ1) is 22.6. The molecule has 0 aliphatic carbocycles. The van der Waals surface area contributed by atoms with Gasteiger partial charge in [-0.3, -0.25) is 0 Å². The van der Waals surface area contributed by atoms with Crippen molar-refractivity contribution in [2.45, 2.75) is 231 Å². The summed E-state index contributed by atoms with van der Waals surface area (Å²) in [6, 6.07) is 0. The summed E-state index contributed by atoms with van der Waals surface area (Å²) >= 11 is 0. The van der Waals surface area contributed by atoms with Gasteiger partial charge in [0.25, 0.3) is 0 Å². The van der Waals surface area contributed by atoms with Crippen LogP contribution in [0.25, 0.3) is 0 Å². The Morgan fingerprint density at radius 2 is 0.383 bits per heavy atom. The molecule has 0 amide bonds. The number of hydrogen-bond donors (Lipinski definition) is 2. The lowest BCUT2D eigenvalue weighted by molar-refractivity contribution is -0.346. The zero-order valence-corrected chi connectivity index (χ0v) is 30.4. The van der Waals surface area contributed by atoms with E-state index >= 15 is 0 Å². The highest BCUT2D eigenvalue weighted by atomic mass is 19.4. The van der Waals surface area contributed by atoms with E-state index in [1.54, 1.807) is 0 Å². The summed E-state index contributed by atoms with van der Waals surface area (Å²) in [5, 5.41) is 0. The summed E-state index contributed by atoms with van der Waals surface area (Å²) in [7, 11) is 0. The van der Waals surface area contributed by atoms with Crippen LogP contribution < -0.4 is 11.5 Å². The van der Waals surface area contributed by atoms with Gasteiger partial charge in [0.1, 0.15) is 0 Å². The molecule has 0 aliphatic heterocycles. The molecular weight excluding hydrogens is 610 g/mol. The molecule has 0 aromatic heterocycles. The maximum absolute atomic E-state index is 14.0. The van der Waals surface area contributed by atoms with E-state index < -0.39 is 30.6 Å². The number of alkyl halides is 6. The van der Waals surface area contributed by atoms with Gasteiger partial charge in [-0.15, -0.1) is 0 Å². The molecule has 8 heteroatoms. The number of nitrogens with two attached hydrogens (primary N) is 2. The average molecular weight is 687 g/mol. The van der Waals surface area contributed by atoms with Crippen LogP contribution in [-0.4, -0.2) is 25.4 Å². The monoisotopic (exact) mass is 687 g/mol. The maximum atomic E-state index is 14.0. The minimum absolute atomic E-state index is 0.0139. The van der Waals surface area contributed by atoms with Crippen LogP contribution in [-0.2, 0) is 0 Å². The highest BCUT2D eigenvalue weighted by Crippen LogP contribution is 2.56. The molecule has 0 fully saturated rings. The zero-order chi connectivity index (χ0) is 35.0. The molecule has 2 nitrogen and oxygen atoms in total. The van der Waals surface area contributed by atoms with Crippen molar-refractivity contribution in [2.75, 3.05) is 13.1 Å². The van der Waals surface area contributed by atoms with Gasteiger partial charge >= 0.3 is 12.4 Å². The predicted molar refractivity (Wildman–Crippen MR) is 190 cm³/mol. The Bertz CT molecular complexity index is 584. The molecule has 47 heavy (non-hydrogen) atoms. The zero-order valence-electron chi connectivity index (χ0n) is 30.4. The van der Waals surface area contributed by atoms with Crippen molar-refractivity contribution in [3.05, 3.63) is 0 Å². The largest absolute Gasteiger partial charge is 0.403 e. The molecule has 0 aromatic carbocycles. The fourth-order valence-electron chi connectivity index (χ4n) is 6.94. The van der Waals surface area contributed by atoms with Gasteiger partial charge < -0.3 is 11.5 Å². The van der Waals surface area contributed by atoms with Crippen molar-refractivity contribution in [1.82, 2.24) is 0 Å². The van der Waals surface area contributed by atoms with E-state index in [0.29, 0.717) is 25.7 Å². The first-order valence-corrected chi connectivity index (χ1v) is 20.2. The molecule has 0 saturated heterocycles. The Kier molecular flexibility index (Phi) is 31.1. The van der Waals surface area contributed by atoms with Gasteiger partial charge in [0.15, 0.2) is 5.41 Å². The highest BCUT2D eigenvalue weighted by Gasteiger charge is 2.69. The van der Waals surface area contributed by atoms with Gasteiger partial charge in [-0.1, -0.05) is 193 Å². The van der Waals surface area contributed by atoms with Crippen LogP contribution in [0.5, 0.6) is 0 Å². The van der Waals surface area contributed by atoms with Crippen molar-refractivity contribution < 1.29 is 26.3 Å². The summed E-state index contributed by atoms with van der Waals surface area (Å²) in [5.41, 5.74) is 7.46. The molecule has 0 bridgehead atoms. The molecule has 0 spiro atoms. The van der Waals surface area contributed by atoms with Crippen LogP contribution in [0.4, 0.5) is 26.3 Å². The second kappa shape index (κ2) is 31.5. The summed E-state index contributed by atoms with van der Waals surface area (Å²) in [4.78, 5) is 0. The van der Waals surface area contributed by atoms with Crippen molar-refractivity contribution in [2.24, 2.45) is 16.9 Å². The van der Waals surface area contributed by atoms with E-state index in [1.807, 2.05) is 0 Å². The molecule has 4 N–H and O–H groups in total. The van der Waals surface area contributed by atoms with Crippen LogP contribution in [0.1, 0.15) is 218 Å². The first-order valence-electron chi connectivity index (χ1n) is 20.2. The van der Waals surface area contributed by atoms with Gasteiger partial charge in [0, 0.05) is 0 Å². The fourth-order valence-corrected chi connectivity index (χ4v) is 6.94. The van der Waals surface area contributed by atoms with Gasteiger partial charge in [0.05, 0.1) is 0 Å². The van der Waals surface area contributed by atoms with Crippen molar-refractivity contribution in [3.8, 4) is 0 Å². The van der Waals surface area contributed by atoms with Crippen LogP contribution in [0.15, 0.2) is 0 Å². The second-order valence-corrected chi connectivity index (χ2v) is 14.5. The van der Waals surface area contributed by atoms with Gasteiger partial charge in [-0.2, -0.15) is 26.3 Å². The summed E-state index contributed by atoms with van der Waals surface area (Å²) in [6.07, 6.45) is 20.9. The SMILES string of the molecule is NCCCCCCCCCCCCCCCCCCC(CCCCCCCCCCCCCCCCCCN)(C(F)(F)F)C(F)(F)F. The molecule has 284 valence electrons. The number of rotatable bonds is 36. The van der Waals surface area contributed by atoms with Gasteiger partial charge in [-0.05, 0) is 38.8 Å². The third kappa shape index (κ3) is 26.0. The molecule has 0 atom stereocenters. The van der Waals surface area contributed by atoms with Crippen LogP contribution >= 0.6 is 0 Å². The molecule has 0 saturated carbocycles. The van der Waals surface area contributed by atoms with Crippen LogP contribution in [0.2, 0.25) is 0 Å². The van der Waals surface area contributed by atoms with E-state index in [4.69, 9.17) is 11.5 Å². The number of unbranched alkanes of at least 4 members (excludes halogenated alkanes) is 30. The maximum Gasteiger partial charge on any atom is 0.403 e. The summed E-state index contributed by atoms with van der Waals surface area (Å²) < 4.78 is 83.8. The first kappa shape index (κ1) is 46.5. The Labute approximate surface area is 286 Å². The van der Waals surface area contributed by atoms with E-state index in [0.717, 1.165) is 64.5 Å². The minimum atomic E-state index is -5.26. The third-order valence-electron chi connectivity index (χ3n) is 10.2. The standard InChI is InChI=1S/C39H76F6N2/c40-38(41,42)37(39(43,44)45,33-29-25-21-17-13-9-5-1-3-7-11-15-19-23-27-31-35-46)34-30-26-22-18-14-10-6-2-4-8-12-16-20-24-28-32-36-47/h1-36,46-47H2. The van der Waals surface area contributed by atoms with Crippen molar-refractivity contribution in [3.63, 3.8) is 0 Å². The lowest BCUT2D eigenvalue weighted by atomic mass is 9.76. The van der Waals surface area contributed by atoms with Gasteiger partial charge in [0.2, 0.25) is 0 Å². The molecule has 0 aromatic rings. The normalized spacial score (nSPS) is 12.8. The molecule has 0 radical (unpaired) electrons. The Hall–Kier alpha value is -0.500. The van der Waals surface area contributed by atoms with E-state index in [-0.39, 0.29) is 12.8 Å². The van der Waals surface area contributed by atoms with Gasteiger partial charge in [-0.25, -0.2) is 0 Å². The highest BCUT2D eigenvalue weighted by molar-refractivity contribution is 4.93. The third-order valence-corrected chi connectivity index (χ3v) is 10.2. The molecule has 0 rings (SSSR count). The van der Waals surface area contributed by atoms with Crippen molar-refractivity contribution >= 4 is 0 Å². The summed E-state index contributed by atoms with van der Waals surface area (Å²) in [6.45, 7) is 1.57. The molecule has 0 unspecified atom stereocenters.